The van der Waals surface area contributed by atoms with Crippen LogP contribution in [0.2, 0.25) is 0 Å². The predicted molar refractivity (Wildman–Crippen MR) is 142 cm³/mol. The van der Waals surface area contributed by atoms with Gasteiger partial charge in [-0.3, -0.25) is 9.89 Å². The molecular weight excluding hydrogens is 428 g/mol. The summed E-state index contributed by atoms with van der Waals surface area (Å²) < 4.78 is 0. The molecule has 166 valence electrons. The number of nitrogens with zero attached hydrogens (tertiary/aromatic N) is 1. The van der Waals surface area contributed by atoms with E-state index in [0.29, 0.717) is 11.3 Å². The lowest BCUT2D eigenvalue weighted by atomic mass is 9.86. The summed E-state index contributed by atoms with van der Waals surface area (Å²) in [4.78, 5) is 13.8. The normalized spacial score (nSPS) is 11.0. The third kappa shape index (κ3) is 3.73. The Morgan fingerprint density at radius 2 is 1.17 bits per heavy atom. The van der Waals surface area contributed by atoms with Gasteiger partial charge in [-0.25, -0.2) is 0 Å². The van der Waals surface area contributed by atoms with Gasteiger partial charge in [-0.2, -0.15) is 5.10 Å². The maximum absolute atomic E-state index is 13.8. The molecule has 1 aromatic heterocycles. The molecule has 0 saturated heterocycles. The Morgan fingerprint density at radius 3 is 1.89 bits per heavy atom. The standard InChI is InChI=1S/C32H22N2O/c35-32(25-17-8-3-9-18-25)31-29(30(33-34-31)24-15-6-2-7-16-24)28-26-19-11-10-14-23(26)20-21-27(28)22-12-4-1-5-13-22/h1-21H,(H,33,34). The molecule has 5 aromatic carbocycles. The Morgan fingerprint density at radius 1 is 0.571 bits per heavy atom. The molecule has 0 saturated carbocycles. The summed E-state index contributed by atoms with van der Waals surface area (Å²) in [5, 5.41) is 10.0. The average Bonchev–Trinajstić information content (AvgIpc) is 3.38. The lowest BCUT2D eigenvalue weighted by molar-refractivity contribution is 0.103. The third-order valence-corrected chi connectivity index (χ3v) is 6.34. The Kier molecular flexibility index (Phi) is 5.28. The van der Waals surface area contributed by atoms with Crippen molar-refractivity contribution in [2.75, 3.05) is 0 Å². The number of fused-ring (bicyclic) bond motifs is 1. The van der Waals surface area contributed by atoms with Crippen molar-refractivity contribution in [3.05, 3.63) is 139 Å². The fraction of sp³-hybridized carbons (Fsp3) is 0. The van der Waals surface area contributed by atoms with E-state index >= 15 is 0 Å². The highest BCUT2D eigenvalue weighted by Gasteiger charge is 2.26. The molecule has 1 N–H and O–H groups in total. The van der Waals surface area contributed by atoms with Crippen LogP contribution in [0.5, 0.6) is 0 Å². The molecule has 0 aliphatic carbocycles. The SMILES string of the molecule is O=C(c1ccccc1)c1[nH]nc(-c2ccccc2)c1-c1c(-c2ccccc2)ccc2ccccc12. The second-order valence-corrected chi connectivity index (χ2v) is 8.46. The van der Waals surface area contributed by atoms with Gasteiger partial charge < -0.3 is 0 Å². The Bertz CT molecular complexity index is 1640. The molecule has 3 nitrogen and oxygen atoms in total. The van der Waals surface area contributed by atoms with E-state index in [2.05, 4.69) is 41.5 Å². The summed E-state index contributed by atoms with van der Waals surface area (Å²) in [6, 6.07) is 42.3. The van der Waals surface area contributed by atoms with E-state index in [1.807, 2.05) is 91.0 Å². The number of H-pyrrole nitrogens is 1. The van der Waals surface area contributed by atoms with E-state index in [1.54, 1.807) is 0 Å². The van der Waals surface area contributed by atoms with Crippen LogP contribution < -0.4 is 0 Å². The first-order valence-electron chi connectivity index (χ1n) is 11.6. The molecule has 0 fully saturated rings. The third-order valence-electron chi connectivity index (χ3n) is 6.34. The molecule has 6 aromatic rings. The molecule has 0 aliphatic rings. The maximum Gasteiger partial charge on any atom is 0.211 e. The number of nitrogens with one attached hydrogen (secondary N) is 1. The van der Waals surface area contributed by atoms with E-state index < -0.39 is 0 Å². The number of aromatic amines is 1. The molecule has 0 aliphatic heterocycles. The number of benzene rings is 5. The predicted octanol–water partition coefficient (Wildman–Crippen LogP) is 7.79. The van der Waals surface area contributed by atoms with Crippen LogP contribution >= 0.6 is 0 Å². The maximum atomic E-state index is 13.8. The first-order chi connectivity index (χ1) is 17.3. The van der Waals surface area contributed by atoms with Gasteiger partial charge in [0, 0.05) is 22.3 Å². The number of aromatic nitrogens is 2. The topological polar surface area (TPSA) is 45.8 Å². The van der Waals surface area contributed by atoms with Crippen LogP contribution in [0.15, 0.2) is 127 Å². The smallest absolute Gasteiger partial charge is 0.211 e. The average molecular weight is 451 g/mol. The second-order valence-electron chi connectivity index (χ2n) is 8.46. The minimum atomic E-state index is -0.0813. The number of carbonyl (C=O) groups is 1. The molecule has 3 heteroatoms. The highest BCUT2D eigenvalue weighted by atomic mass is 16.1. The van der Waals surface area contributed by atoms with Crippen LogP contribution in [0.3, 0.4) is 0 Å². The molecule has 0 amide bonds. The van der Waals surface area contributed by atoms with Crippen molar-refractivity contribution < 1.29 is 4.79 Å². The van der Waals surface area contributed by atoms with E-state index in [1.165, 1.54) is 0 Å². The molecular formula is C32H22N2O. The number of rotatable bonds is 5. The van der Waals surface area contributed by atoms with Crippen molar-refractivity contribution in [3.8, 4) is 33.5 Å². The lowest BCUT2D eigenvalue weighted by Crippen LogP contribution is -2.04. The van der Waals surface area contributed by atoms with Crippen LogP contribution in [0, 0.1) is 0 Å². The zero-order valence-corrected chi connectivity index (χ0v) is 19.0. The monoisotopic (exact) mass is 450 g/mol. The zero-order valence-electron chi connectivity index (χ0n) is 19.0. The van der Waals surface area contributed by atoms with Crippen LogP contribution in [0.25, 0.3) is 44.3 Å². The van der Waals surface area contributed by atoms with Crippen LogP contribution in [-0.2, 0) is 0 Å². The number of ketones is 1. The summed E-state index contributed by atoms with van der Waals surface area (Å²) in [6.45, 7) is 0. The van der Waals surface area contributed by atoms with E-state index in [9.17, 15) is 4.79 Å². The molecule has 0 atom stereocenters. The van der Waals surface area contributed by atoms with E-state index in [4.69, 9.17) is 5.10 Å². The first kappa shape index (κ1) is 20.8. The van der Waals surface area contributed by atoms with Crippen molar-refractivity contribution in [2.45, 2.75) is 0 Å². The summed E-state index contributed by atoms with van der Waals surface area (Å²) >= 11 is 0. The molecule has 35 heavy (non-hydrogen) atoms. The van der Waals surface area contributed by atoms with Crippen molar-refractivity contribution in [2.24, 2.45) is 0 Å². The van der Waals surface area contributed by atoms with Gasteiger partial charge >= 0.3 is 0 Å². The summed E-state index contributed by atoms with van der Waals surface area (Å²) in [5.41, 5.74) is 6.80. The van der Waals surface area contributed by atoms with Gasteiger partial charge in [0.2, 0.25) is 5.78 Å². The molecule has 1 heterocycles. The van der Waals surface area contributed by atoms with Gasteiger partial charge in [0.25, 0.3) is 0 Å². The molecule has 0 unspecified atom stereocenters. The largest absolute Gasteiger partial charge is 0.287 e. The number of hydrogen-bond acceptors (Lipinski definition) is 2. The molecule has 6 rings (SSSR count). The van der Waals surface area contributed by atoms with E-state index in [-0.39, 0.29) is 5.78 Å². The minimum Gasteiger partial charge on any atom is -0.287 e. The number of hydrogen-bond donors (Lipinski definition) is 1. The summed E-state index contributed by atoms with van der Waals surface area (Å²) in [5.74, 6) is -0.0813. The Balaban J connectivity index is 1.72. The van der Waals surface area contributed by atoms with Gasteiger partial charge in [0.1, 0.15) is 11.4 Å². The molecule has 0 radical (unpaired) electrons. The van der Waals surface area contributed by atoms with Crippen molar-refractivity contribution in [3.63, 3.8) is 0 Å². The lowest BCUT2D eigenvalue weighted by Gasteiger charge is -2.16. The van der Waals surface area contributed by atoms with Crippen molar-refractivity contribution in [1.29, 1.82) is 0 Å². The van der Waals surface area contributed by atoms with Crippen LogP contribution in [-0.4, -0.2) is 16.0 Å². The highest BCUT2D eigenvalue weighted by molar-refractivity contribution is 6.17. The molecule has 0 spiro atoms. The zero-order chi connectivity index (χ0) is 23.6. The second kappa shape index (κ2) is 8.88. The quantitative estimate of drug-likeness (QED) is 0.272. The van der Waals surface area contributed by atoms with Crippen LogP contribution in [0.4, 0.5) is 0 Å². The Labute approximate surface area is 203 Å². The molecule has 0 bridgehead atoms. The fourth-order valence-corrected chi connectivity index (χ4v) is 4.69. The van der Waals surface area contributed by atoms with E-state index in [0.717, 1.165) is 44.3 Å². The first-order valence-corrected chi connectivity index (χ1v) is 11.6. The van der Waals surface area contributed by atoms with Gasteiger partial charge in [-0.15, -0.1) is 0 Å². The van der Waals surface area contributed by atoms with Gasteiger partial charge in [-0.1, -0.05) is 127 Å². The summed E-state index contributed by atoms with van der Waals surface area (Å²) in [6.07, 6.45) is 0. The van der Waals surface area contributed by atoms with Gasteiger partial charge in [-0.05, 0) is 21.9 Å². The van der Waals surface area contributed by atoms with Gasteiger partial charge in [0.15, 0.2) is 0 Å². The highest BCUT2D eigenvalue weighted by Crippen LogP contribution is 2.43. The van der Waals surface area contributed by atoms with Crippen molar-refractivity contribution >= 4 is 16.6 Å². The van der Waals surface area contributed by atoms with Gasteiger partial charge in [0.05, 0.1) is 0 Å². The summed E-state index contributed by atoms with van der Waals surface area (Å²) in [7, 11) is 0. The van der Waals surface area contributed by atoms with Crippen molar-refractivity contribution in [1.82, 2.24) is 10.2 Å². The number of carbonyl (C=O) groups excluding carboxylic acids is 1. The fourth-order valence-electron chi connectivity index (χ4n) is 4.69. The minimum absolute atomic E-state index is 0.0813. The van der Waals surface area contributed by atoms with Crippen LogP contribution in [0.1, 0.15) is 16.1 Å². The Hall–Kier alpha value is -4.76.